The number of carbonyl (C=O) groups excluding carboxylic acids is 2. The molecule has 0 spiro atoms. The van der Waals surface area contributed by atoms with E-state index in [1.807, 2.05) is 32.0 Å². The van der Waals surface area contributed by atoms with Crippen LogP contribution >= 0.6 is 0 Å². The van der Waals surface area contributed by atoms with Gasteiger partial charge in [-0.25, -0.2) is 4.79 Å². The van der Waals surface area contributed by atoms with E-state index in [1.165, 1.54) is 0 Å². The van der Waals surface area contributed by atoms with Crippen LogP contribution in [0.4, 0.5) is 5.69 Å². The van der Waals surface area contributed by atoms with Gasteiger partial charge in [0.05, 0.1) is 0 Å². The lowest BCUT2D eigenvalue weighted by Crippen LogP contribution is -2.30. The summed E-state index contributed by atoms with van der Waals surface area (Å²) in [5, 5.41) is 2.78. The van der Waals surface area contributed by atoms with Gasteiger partial charge in [0.1, 0.15) is 5.69 Å². The molecule has 0 saturated carbocycles. The fraction of sp³-hybridized carbons (Fsp3) is 0.250. The number of benzene rings is 1. The zero-order valence-electron chi connectivity index (χ0n) is 12.3. The van der Waals surface area contributed by atoms with E-state index in [1.54, 1.807) is 25.3 Å². The highest BCUT2D eigenvalue weighted by atomic mass is 16.5. The zero-order valence-corrected chi connectivity index (χ0v) is 12.3. The molecule has 0 aliphatic rings. The number of anilines is 1. The second-order valence-corrected chi connectivity index (χ2v) is 4.94. The molecule has 2 aromatic rings. The highest BCUT2D eigenvalue weighted by molar-refractivity contribution is 5.97. The first-order chi connectivity index (χ1) is 9.97. The van der Waals surface area contributed by atoms with Crippen molar-refractivity contribution in [3.05, 3.63) is 53.3 Å². The Labute approximate surface area is 123 Å². The summed E-state index contributed by atoms with van der Waals surface area (Å²) >= 11 is 0. The number of carbonyl (C=O) groups is 2. The number of ether oxygens (including phenoxy) is 1. The van der Waals surface area contributed by atoms with Crippen molar-refractivity contribution in [1.82, 2.24) is 4.98 Å². The standard InChI is InChI=1S/C16H18N2O3/c1-10-6-7-11(2)14(9-10)18-15(19)12(3)21-16(20)13-5-4-8-17-13/h4-9,12,17H,1-3H3,(H,18,19)/t12-/m1/s1. The van der Waals surface area contributed by atoms with Gasteiger partial charge in [0.15, 0.2) is 6.10 Å². The van der Waals surface area contributed by atoms with E-state index in [0.29, 0.717) is 5.69 Å². The van der Waals surface area contributed by atoms with E-state index >= 15 is 0 Å². The van der Waals surface area contributed by atoms with Crippen molar-refractivity contribution in [1.29, 1.82) is 0 Å². The summed E-state index contributed by atoms with van der Waals surface area (Å²) in [6.07, 6.45) is 0.748. The van der Waals surface area contributed by atoms with Crippen molar-refractivity contribution in [2.45, 2.75) is 26.9 Å². The van der Waals surface area contributed by atoms with Crippen LogP contribution in [0.3, 0.4) is 0 Å². The molecule has 0 unspecified atom stereocenters. The zero-order chi connectivity index (χ0) is 15.4. The lowest BCUT2D eigenvalue weighted by Gasteiger charge is -2.14. The van der Waals surface area contributed by atoms with E-state index in [0.717, 1.165) is 16.8 Å². The minimum Gasteiger partial charge on any atom is -0.448 e. The van der Waals surface area contributed by atoms with Crippen molar-refractivity contribution in [3.63, 3.8) is 0 Å². The first-order valence-electron chi connectivity index (χ1n) is 6.70. The number of hydrogen-bond acceptors (Lipinski definition) is 3. The second-order valence-electron chi connectivity index (χ2n) is 4.94. The minimum absolute atomic E-state index is 0.321. The third-order valence-corrected chi connectivity index (χ3v) is 3.12. The molecule has 2 rings (SSSR count). The number of amides is 1. The topological polar surface area (TPSA) is 71.2 Å². The van der Waals surface area contributed by atoms with Gasteiger partial charge < -0.3 is 15.0 Å². The van der Waals surface area contributed by atoms with E-state index in [4.69, 9.17) is 4.74 Å². The van der Waals surface area contributed by atoms with Crippen molar-refractivity contribution >= 4 is 17.6 Å². The van der Waals surface area contributed by atoms with Gasteiger partial charge in [0, 0.05) is 11.9 Å². The number of rotatable bonds is 4. The van der Waals surface area contributed by atoms with Gasteiger partial charge in [-0.1, -0.05) is 12.1 Å². The molecule has 0 aliphatic carbocycles. The van der Waals surface area contributed by atoms with Crippen LogP contribution < -0.4 is 5.32 Å². The monoisotopic (exact) mass is 286 g/mol. The fourth-order valence-electron chi connectivity index (χ4n) is 1.84. The molecule has 0 fully saturated rings. The SMILES string of the molecule is Cc1ccc(C)c(NC(=O)[C@@H](C)OC(=O)c2ccc[nH]2)c1. The molecule has 1 atom stereocenters. The van der Waals surface area contributed by atoms with Crippen molar-refractivity contribution in [2.75, 3.05) is 5.32 Å². The minimum atomic E-state index is -0.874. The van der Waals surface area contributed by atoms with E-state index in [-0.39, 0.29) is 5.91 Å². The highest BCUT2D eigenvalue weighted by Crippen LogP contribution is 2.17. The molecule has 1 aromatic carbocycles. The normalized spacial score (nSPS) is 11.8. The summed E-state index contributed by atoms with van der Waals surface area (Å²) < 4.78 is 5.12. The molecule has 0 saturated heterocycles. The molecule has 110 valence electrons. The molecule has 0 bridgehead atoms. The predicted molar refractivity (Wildman–Crippen MR) is 80.2 cm³/mol. The van der Waals surface area contributed by atoms with Gasteiger partial charge in [-0.05, 0) is 50.1 Å². The Morgan fingerprint density at radius 1 is 1.24 bits per heavy atom. The number of aromatic amines is 1. The van der Waals surface area contributed by atoms with Crippen LogP contribution in [-0.4, -0.2) is 23.0 Å². The summed E-state index contributed by atoms with van der Waals surface area (Å²) in [6.45, 7) is 5.40. The fourth-order valence-corrected chi connectivity index (χ4v) is 1.84. The average molecular weight is 286 g/mol. The van der Waals surface area contributed by atoms with Crippen LogP contribution in [0.5, 0.6) is 0 Å². The van der Waals surface area contributed by atoms with Gasteiger partial charge in [0.2, 0.25) is 0 Å². The summed E-state index contributed by atoms with van der Waals surface area (Å²) in [7, 11) is 0. The van der Waals surface area contributed by atoms with Crippen LogP contribution in [0.15, 0.2) is 36.5 Å². The molecule has 5 nitrogen and oxygen atoms in total. The Bertz CT molecular complexity index is 648. The molecule has 21 heavy (non-hydrogen) atoms. The molecular weight excluding hydrogens is 268 g/mol. The Kier molecular flexibility index (Phi) is 4.42. The van der Waals surface area contributed by atoms with Crippen LogP contribution in [0.25, 0.3) is 0 Å². The lowest BCUT2D eigenvalue weighted by molar-refractivity contribution is -0.123. The number of H-pyrrole nitrogens is 1. The molecule has 1 heterocycles. The Balaban J connectivity index is 1.99. The first-order valence-corrected chi connectivity index (χ1v) is 6.70. The Morgan fingerprint density at radius 2 is 2.00 bits per heavy atom. The van der Waals surface area contributed by atoms with Gasteiger partial charge in [-0.2, -0.15) is 0 Å². The number of aryl methyl sites for hydroxylation is 2. The maximum absolute atomic E-state index is 12.1. The number of nitrogens with one attached hydrogen (secondary N) is 2. The van der Waals surface area contributed by atoms with Crippen molar-refractivity contribution in [2.24, 2.45) is 0 Å². The summed E-state index contributed by atoms with van der Waals surface area (Å²) in [6, 6.07) is 9.07. The Hall–Kier alpha value is -2.56. The lowest BCUT2D eigenvalue weighted by atomic mass is 10.1. The number of hydrogen-bond donors (Lipinski definition) is 2. The summed E-state index contributed by atoms with van der Waals surface area (Å²) in [5.74, 6) is -0.910. The smallest absolute Gasteiger partial charge is 0.355 e. The maximum Gasteiger partial charge on any atom is 0.355 e. The quantitative estimate of drug-likeness (QED) is 0.849. The predicted octanol–water partition coefficient (Wildman–Crippen LogP) is 2.82. The Morgan fingerprint density at radius 3 is 2.67 bits per heavy atom. The van der Waals surface area contributed by atoms with E-state index in [9.17, 15) is 9.59 Å². The maximum atomic E-state index is 12.1. The summed E-state index contributed by atoms with van der Waals surface area (Å²) in [4.78, 5) is 26.6. The van der Waals surface area contributed by atoms with Gasteiger partial charge in [-0.15, -0.1) is 0 Å². The van der Waals surface area contributed by atoms with Crippen LogP contribution in [-0.2, 0) is 9.53 Å². The van der Waals surface area contributed by atoms with E-state index < -0.39 is 12.1 Å². The third kappa shape index (κ3) is 3.72. The van der Waals surface area contributed by atoms with Crippen molar-refractivity contribution in [3.8, 4) is 0 Å². The molecule has 5 heteroatoms. The largest absolute Gasteiger partial charge is 0.448 e. The molecule has 0 radical (unpaired) electrons. The molecule has 1 aromatic heterocycles. The van der Waals surface area contributed by atoms with Crippen LogP contribution in [0.2, 0.25) is 0 Å². The van der Waals surface area contributed by atoms with Crippen LogP contribution in [0, 0.1) is 13.8 Å². The molecule has 1 amide bonds. The third-order valence-electron chi connectivity index (χ3n) is 3.12. The second kappa shape index (κ2) is 6.26. The van der Waals surface area contributed by atoms with Gasteiger partial charge in [-0.3, -0.25) is 4.79 Å². The first kappa shape index (κ1) is 14.8. The number of aromatic nitrogens is 1. The van der Waals surface area contributed by atoms with Crippen LogP contribution in [0.1, 0.15) is 28.5 Å². The highest BCUT2D eigenvalue weighted by Gasteiger charge is 2.19. The van der Waals surface area contributed by atoms with Crippen molar-refractivity contribution < 1.29 is 14.3 Å². The van der Waals surface area contributed by atoms with Gasteiger partial charge >= 0.3 is 5.97 Å². The number of esters is 1. The average Bonchev–Trinajstić information content (AvgIpc) is 2.97. The molecule has 0 aliphatic heterocycles. The molecular formula is C16H18N2O3. The summed E-state index contributed by atoms with van der Waals surface area (Å²) in [5.41, 5.74) is 3.05. The van der Waals surface area contributed by atoms with Gasteiger partial charge in [0.25, 0.3) is 5.91 Å². The van der Waals surface area contributed by atoms with E-state index in [2.05, 4.69) is 10.3 Å². The molecule has 2 N–H and O–H groups in total.